The van der Waals surface area contributed by atoms with Gasteiger partial charge in [-0.2, -0.15) is 13.2 Å². The van der Waals surface area contributed by atoms with Gasteiger partial charge in [0, 0.05) is 19.0 Å². The van der Waals surface area contributed by atoms with Crippen LogP contribution in [0.15, 0.2) is 0 Å². The average Bonchev–Trinajstić information content (AvgIpc) is 2.74. The second-order valence-electron chi connectivity index (χ2n) is 6.32. The molecule has 1 amide bonds. The van der Waals surface area contributed by atoms with Gasteiger partial charge in [-0.15, -0.1) is 0 Å². The Labute approximate surface area is 124 Å². The molecule has 3 nitrogen and oxygen atoms in total. The second kappa shape index (κ2) is 6.99. The fourth-order valence-electron chi connectivity index (χ4n) is 3.65. The van der Waals surface area contributed by atoms with Crippen molar-refractivity contribution in [1.29, 1.82) is 0 Å². The van der Waals surface area contributed by atoms with Crippen LogP contribution in [0, 0.1) is 11.8 Å². The number of alkyl halides is 3. The highest BCUT2D eigenvalue weighted by atomic mass is 19.4. The summed E-state index contributed by atoms with van der Waals surface area (Å²) in [5.74, 6) is -2.63. The Morgan fingerprint density at radius 2 is 1.76 bits per heavy atom. The van der Waals surface area contributed by atoms with E-state index in [-0.39, 0.29) is 18.4 Å². The number of hydrogen-bond acceptors (Lipinski definition) is 2. The molecule has 1 heterocycles. The summed E-state index contributed by atoms with van der Waals surface area (Å²) in [6, 6.07) is 0.0725. The number of amides is 1. The molecule has 2 fully saturated rings. The smallest absolute Gasteiger partial charge is 0.342 e. The van der Waals surface area contributed by atoms with E-state index in [9.17, 15) is 18.0 Å². The molecule has 1 saturated carbocycles. The van der Waals surface area contributed by atoms with E-state index in [1.54, 1.807) is 11.9 Å². The summed E-state index contributed by atoms with van der Waals surface area (Å²) in [6.45, 7) is 1.75. The first-order chi connectivity index (χ1) is 9.91. The van der Waals surface area contributed by atoms with E-state index in [1.165, 1.54) is 0 Å². The molecule has 0 aromatic rings. The number of nitrogens with zero attached hydrogens (tertiary/aromatic N) is 1. The van der Waals surface area contributed by atoms with E-state index in [0.717, 1.165) is 38.8 Å². The first kappa shape index (κ1) is 16.6. The van der Waals surface area contributed by atoms with Crippen molar-refractivity contribution in [3.8, 4) is 0 Å². The highest BCUT2D eigenvalue weighted by Crippen LogP contribution is 2.42. The van der Waals surface area contributed by atoms with Crippen molar-refractivity contribution in [3.05, 3.63) is 0 Å². The van der Waals surface area contributed by atoms with Gasteiger partial charge in [-0.3, -0.25) is 4.79 Å². The number of nitrogens with one attached hydrogen (secondary N) is 1. The number of rotatable bonds is 2. The molecule has 6 heteroatoms. The molecular weight excluding hydrogens is 281 g/mol. The van der Waals surface area contributed by atoms with Gasteiger partial charge in [-0.25, -0.2) is 0 Å². The van der Waals surface area contributed by atoms with E-state index in [2.05, 4.69) is 5.32 Å². The highest BCUT2D eigenvalue weighted by molar-refractivity contribution is 5.79. The molecule has 3 atom stereocenters. The molecule has 1 N–H and O–H groups in total. The fourth-order valence-corrected chi connectivity index (χ4v) is 3.65. The Morgan fingerprint density at radius 1 is 1.05 bits per heavy atom. The Bertz CT molecular complexity index is 351. The lowest BCUT2D eigenvalue weighted by Gasteiger charge is -2.37. The van der Waals surface area contributed by atoms with Crippen LogP contribution in [0.1, 0.15) is 44.9 Å². The summed E-state index contributed by atoms with van der Waals surface area (Å²) in [5.41, 5.74) is 0. The predicted molar refractivity (Wildman–Crippen MR) is 74.8 cm³/mol. The molecule has 1 aliphatic carbocycles. The average molecular weight is 306 g/mol. The molecule has 1 aliphatic heterocycles. The lowest BCUT2D eigenvalue weighted by atomic mass is 9.77. The van der Waals surface area contributed by atoms with Gasteiger partial charge in [0.2, 0.25) is 5.91 Å². The van der Waals surface area contributed by atoms with Crippen LogP contribution in [0.2, 0.25) is 0 Å². The van der Waals surface area contributed by atoms with Crippen LogP contribution < -0.4 is 5.32 Å². The third-order valence-corrected chi connectivity index (χ3v) is 4.94. The SMILES string of the molecule is CN(C(=O)C1CCCCC1C(F)(F)F)C1CCCNCC1. The Balaban J connectivity index is 2.05. The highest BCUT2D eigenvalue weighted by Gasteiger charge is 2.49. The zero-order valence-corrected chi connectivity index (χ0v) is 12.6. The van der Waals surface area contributed by atoms with E-state index in [0.29, 0.717) is 12.8 Å². The van der Waals surface area contributed by atoms with Crippen molar-refractivity contribution in [2.24, 2.45) is 11.8 Å². The minimum Gasteiger partial charge on any atom is -0.342 e. The molecule has 122 valence electrons. The summed E-state index contributed by atoms with van der Waals surface area (Å²) in [5, 5.41) is 3.27. The number of carbonyl (C=O) groups excluding carboxylic acids is 1. The van der Waals surface area contributed by atoms with Crippen LogP contribution in [0.4, 0.5) is 13.2 Å². The van der Waals surface area contributed by atoms with Crippen LogP contribution in [-0.4, -0.2) is 43.2 Å². The zero-order chi connectivity index (χ0) is 15.5. The van der Waals surface area contributed by atoms with Gasteiger partial charge in [-0.1, -0.05) is 12.8 Å². The van der Waals surface area contributed by atoms with E-state index in [1.807, 2.05) is 0 Å². The van der Waals surface area contributed by atoms with Crippen molar-refractivity contribution in [3.63, 3.8) is 0 Å². The summed E-state index contributed by atoms with van der Waals surface area (Å²) in [4.78, 5) is 14.2. The topological polar surface area (TPSA) is 32.3 Å². The second-order valence-corrected chi connectivity index (χ2v) is 6.32. The summed E-state index contributed by atoms with van der Waals surface area (Å²) >= 11 is 0. The van der Waals surface area contributed by atoms with Crippen LogP contribution in [-0.2, 0) is 4.79 Å². The lowest BCUT2D eigenvalue weighted by molar-refractivity contribution is -0.201. The van der Waals surface area contributed by atoms with E-state index in [4.69, 9.17) is 0 Å². The van der Waals surface area contributed by atoms with Gasteiger partial charge in [-0.05, 0) is 45.2 Å². The van der Waals surface area contributed by atoms with E-state index >= 15 is 0 Å². The van der Waals surface area contributed by atoms with Crippen LogP contribution in [0.3, 0.4) is 0 Å². The maximum absolute atomic E-state index is 13.1. The van der Waals surface area contributed by atoms with Crippen LogP contribution >= 0.6 is 0 Å². The molecule has 0 bridgehead atoms. The zero-order valence-electron chi connectivity index (χ0n) is 12.6. The molecule has 0 spiro atoms. The third-order valence-electron chi connectivity index (χ3n) is 4.94. The number of hydrogen-bond donors (Lipinski definition) is 1. The van der Waals surface area contributed by atoms with Crippen molar-refractivity contribution < 1.29 is 18.0 Å². The Hall–Kier alpha value is -0.780. The van der Waals surface area contributed by atoms with Gasteiger partial charge < -0.3 is 10.2 Å². The largest absolute Gasteiger partial charge is 0.392 e. The van der Waals surface area contributed by atoms with Crippen molar-refractivity contribution in [2.75, 3.05) is 20.1 Å². The molecule has 0 radical (unpaired) electrons. The molecule has 0 aromatic heterocycles. The van der Waals surface area contributed by atoms with Crippen LogP contribution in [0.25, 0.3) is 0 Å². The summed E-state index contributed by atoms with van der Waals surface area (Å²) in [6.07, 6.45) is 0.179. The quantitative estimate of drug-likeness (QED) is 0.851. The molecule has 3 unspecified atom stereocenters. The van der Waals surface area contributed by atoms with Crippen molar-refractivity contribution >= 4 is 5.91 Å². The van der Waals surface area contributed by atoms with E-state index < -0.39 is 18.0 Å². The lowest BCUT2D eigenvalue weighted by Crippen LogP contribution is -2.47. The fraction of sp³-hybridized carbons (Fsp3) is 0.933. The molecule has 1 saturated heterocycles. The summed E-state index contributed by atoms with van der Waals surface area (Å²) < 4.78 is 39.4. The maximum Gasteiger partial charge on any atom is 0.392 e. The minimum atomic E-state index is -4.26. The molecule has 2 rings (SSSR count). The first-order valence-corrected chi connectivity index (χ1v) is 7.95. The van der Waals surface area contributed by atoms with Crippen molar-refractivity contribution in [2.45, 2.75) is 57.2 Å². The van der Waals surface area contributed by atoms with Crippen molar-refractivity contribution in [1.82, 2.24) is 10.2 Å². The first-order valence-electron chi connectivity index (χ1n) is 7.95. The minimum absolute atomic E-state index is 0.0725. The number of carbonyl (C=O) groups is 1. The normalized spacial score (nSPS) is 31.5. The molecular formula is C15H25F3N2O. The van der Waals surface area contributed by atoms with Gasteiger partial charge in [0.1, 0.15) is 0 Å². The molecule has 2 aliphatic rings. The maximum atomic E-state index is 13.1. The summed E-state index contributed by atoms with van der Waals surface area (Å²) in [7, 11) is 1.68. The van der Waals surface area contributed by atoms with Gasteiger partial charge in [0.25, 0.3) is 0 Å². The monoisotopic (exact) mass is 306 g/mol. The van der Waals surface area contributed by atoms with Crippen LogP contribution in [0.5, 0.6) is 0 Å². The third kappa shape index (κ3) is 4.11. The Kier molecular flexibility index (Phi) is 5.52. The molecule has 21 heavy (non-hydrogen) atoms. The van der Waals surface area contributed by atoms with Gasteiger partial charge in [0.05, 0.1) is 5.92 Å². The molecule has 0 aromatic carbocycles. The standard InChI is InChI=1S/C15H25F3N2O/c1-20(11-5-4-9-19-10-8-11)14(21)12-6-2-3-7-13(12)15(16,17)18/h11-13,19H,2-10H2,1H3. The Morgan fingerprint density at radius 3 is 2.48 bits per heavy atom. The predicted octanol–water partition coefficient (Wildman–Crippen LogP) is 2.96. The number of halogens is 3. The van der Waals surface area contributed by atoms with Gasteiger partial charge in [0.15, 0.2) is 0 Å². The van der Waals surface area contributed by atoms with Gasteiger partial charge >= 0.3 is 6.18 Å².